The van der Waals surface area contributed by atoms with Gasteiger partial charge in [-0.05, 0) is 31.2 Å². The van der Waals surface area contributed by atoms with E-state index in [4.69, 9.17) is 21.5 Å². The number of hydrogen-bond acceptors (Lipinski definition) is 4. The molecule has 0 fully saturated rings. The second-order valence-electron chi connectivity index (χ2n) is 6.67. The maximum atomic E-state index is 13.3. The number of aliphatic imine (C=N–C) groups is 1. The van der Waals surface area contributed by atoms with Gasteiger partial charge in [-0.15, -0.1) is 0 Å². The van der Waals surface area contributed by atoms with E-state index in [1.807, 2.05) is 0 Å². The quantitative estimate of drug-likeness (QED) is 0.557. The van der Waals surface area contributed by atoms with Gasteiger partial charge < -0.3 is 10.2 Å². The molecule has 1 aliphatic rings. The van der Waals surface area contributed by atoms with Gasteiger partial charge in [0.25, 0.3) is 5.97 Å². The zero-order chi connectivity index (χ0) is 22.9. The van der Waals surface area contributed by atoms with Crippen molar-refractivity contribution in [1.29, 1.82) is 0 Å². The van der Waals surface area contributed by atoms with Crippen molar-refractivity contribution in [2.75, 3.05) is 0 Å². The molecule has 162 valence electrons. The Balaban J connectivity index is 0.000000628. The Bertz CT molecular complexity index is 1170. The molecule has 0 saturated heterocycles. The van der Waals surface area contributed by atoms with Crippen LogP contribution in [0.2, 0.25) is 5.02 Å². The molecular formula is C21H17ClF3N3O3. The zero-order valence-electron chi connectivity index (χ0n) is 16.4. The molecule has 0 saturated carbocycles. The van der Waals surface area contributed by atoms with Crippen molar-refractivity contribution in [2.45, 2.75) is 26.3 Å². The maximum Gasteiger partial charge on any atom is 0.416 e. The smallest absolute Gasteiger partial charge is 0.416 e. The predicted molar refractivity (Wildman–Crippen MR) is 109 cm³/mol. The Morgan fingerprint density at radius 1 is 1.16 bits per heavy atom. The number of aliphatic carboxylic acids is 1. The fourth-order valence-electron chi connectivity index (χ4n) is 3.17. The summed E-state index contributed by atoms with van der Waals surface area (Å²) in [4.78, 5) is 17.4. The molecule has 1 aliphatic heterocycles. The highest BCUT2D eigenvalue weighted by atomic mass is 35.5. The predicted octanol–water partition coefficient (Wildman–Crippen LogP) is 4.79. The zero-order valence-corrected chi connectivity index (χ0v) is 17.1. The SMILES string of the molecule is CC(=O)O.Cc1cnc2n1-c1ccc(C(F)(F)F)cc1C(c1ccccc1Cl)=NC2O. The molecule has 31 heavy (non-hydrogen) atoms. The molecule has 1 aromatic heterocycles. The summed E-state index contributed by atoms with van der Waals surface area (Å²) in [6.45, 7) is 2.84. The lowest BCUT2D eigenvalue weighted by atomic mass is 9.98. The summed E-state index contributed by atoms with van der Waals surface area (Å²) in [7, 11) is 0. The number of aliphatic hydroxyl groups is 1. The number of benzene rings is 2. The van der Waals surface area contributed by atoms with Crippen LogP contribution < -0.4 is 0 Å². The summed E-state index contributed by atoms with van der Waals surface area (Å²) in [5.41, 5.74) is 1.14. The van der Waals surface area contributed by atoms with Gasteiger partial charge in [0.2, 0.25) is 6.23 Å². The minimum absolute atomic E-state index is 0.180. The minimum Gasteiger partial charge on any atom is -0.481 e. The molecule has 10 heteroatoms. The van der Waals surface area contributed by atoms with Crippen molar-refractivity contribution in [3.8, 4) is 5.69 Å². The van der Waals surface area contributed by atoms with Crippen LogP contribution in [-0.4, -0.2) is 31.4 Å². The fraction of sp³-hybridized carbons (Fsp3) is 0.190. The lowest BCUT2D eigenvalue weighted by Crippen LogP contribution is -2.12. The topological polar surface area (TPSA) is 87.7 Å². The molecule has 2 aromatic carbocycles. The average molecular weight is 452 g/mol. The first-order chi connectivity index (χ1) is 14.5. The number of aryl methyl sites for hydroxylation is 1. The van der Waals surface area contributed by atoms with E-state index in [2.05, 4.69) is 9.98 Å². The van der Waals surface area contributed by atoms with Crippen LogP contribution in [0.5, 0.6) is 0 Å². The molecule has 2 N–H and O–H groups in total. The molecule has 0 bridgehead atoms. The third kappa shape index (κ3) is 4.62. The highest BCUT2D eigenvalue weighted by Crippen LogP contribution is 2.36. The number of nitrogens with zero attached hydrogens (tertiary/aromatic N) is 3. The van der Waals surface area contributed by atoms with Crippen molar-refractivity contribution in [3.05, 3.63) is 81.9 Å². The molecule has 2 heterocycles. The van der Waals surface area contributed by atoms with E-state index >= 15 is 0 Å². The van der Waals surface area contributed by atoms with E-state index in [9.17, 15) is 18.3 Å². The third-order valence-corrected chi connectivity index (χ3v) is 4.73. The number of aromatic nitrogens is 2. The average Bonchev–Trinajstić information content (AvgIpc) is 3.01. The molecule has 1 unspecified atom stereocenters. The number of alkyl halides is 3. The molecule has 0 aliphatic carbocycles. The number of aliphatic hydroxyl groups excluding tert-OH is 1. The molecule has 0 amide bonds. The Kier molecular flexibility index (Phi) is 6.19. The van der Waals surface area contributed by atoms with Gasteiger partial charge in [0, 0.05) is 35.0 Å². The van der Waals surface area contributed by atoms with E-state index in [0.717, 1.165) is 19.1 Å². The second-order valence-corrected chi connectivity index (χ2v) is 7.08. The van der Waals surface area contributed by atoms with Crippen LogP contribution in [0.15, 0.2) is 53.7 Å². The summed E-state index contributed by atoms with van der Waals surface area (Å²) in [5, 5.41) is 18.3. The molecule has 3 aromatic rings. The van der Waals surface area contributed by atoms with Crippen molar-refractivity contribution < 1.29 is 28.2 Å². The number of hydrogen-bond donors (Lipinski definition) is 2. The number of carboxylic acid groups (broad SMARTS) is 1. The highest BCUT2D eigenvalue weighted by molar-refractivity contribution is 6.35. The molecule has 6 nitrogen and oxygen atoms in total. The van der Waals surface area contributed by atoms with Crippen LogP contribution in [0.4, 0.5) is 13.2 Å². The third-order valence-electron chi connectivity index (χ3n) is 4.40. The van der Waals surface area contributed by atoms with Crippen molar-refractivity contribution in [1.82, 2.24) is 9.55 Å². The van der Waals surface area contributed by atoms with E-state index in [1.54, 1.807) is 35.8 Å². The summed E-state index contributed by atoms with van der Waals surface area (Å²) in [5.74, 6) is -0.601. The largest absolute Gasteiger partial charge is 0.481 e. The standard InChI is InChI=1S/C19H13ClF3N3O.C2H4O2/c1-10-9-24-17-18(27)25-16(12-4-2-3-5-14(12)20)13-8-11(19(21,22)23)6-7-15(13)26(10)17;1-2(3)4/h2-9,18,27H,1H3;1H3,(H,3,4). The maximum absolute atomic E-state index is 13.3. The van der Waals surface area contributed by atoms with Crippen LogP contribution in [0, 0.1) is 6.92 Å². The first kappa shape index (κ1) is 22.5. The van der Waals surface area contributed by atoms with Crippen LogP contribution in [-0.2, 0) is 11.0 Å². The second kappa shape index (κ2) is 8.52. The lowest BCUT2D eigenvalue weighted by molar-refractivity contribution is -0.137. The first-order valence-corrected chi connectivity index (χ1v) is 9.35. The van der Waals surface area contributed by atoms with E-state index in [0.29, 0.717) is 22.0 Å². The molecule has 4 rings (SSSR count). The van der Waals surface area contributed by atoms with E-state index in [1.165, 1.54) is 12.3 Å². The summed E-state index contributed by atoms with van der Waals surface area (Å²) >= 11 is 6.26. The van der Waals surface area contributed by atoms with Gasteiger partial charge >= 0.3 is 6.18 Å². The van der Waals surface area contributed by atoms with Gasteiger partial charge in [-0.2, -0.15) is 13.2 Å². The van der Waals surface area contributed by atoms with Gasteiger partial charge in [-0.1, -0.05) is 29.8 Å². The van der Waals surface area contributed by atoms with Crippen molar-refractivity contribution in [3.63, 3.8) is 0 Å². The van der Waals surface area contributed by atoms with Crippen LogP contribution >= 0.6 is 11.6 Å². The number of fused-ring (bicyclic) bond motifs is 3. The first-order valence-electron chi connectivity index (χ1n) is 8.97. The van der Waals surface area contributed by atoms with Gasteiger partial charge in [-0.3, -0.25) is 9.36 Å². The molecule has 0 radical (unpaired) electrons. The molecule has 0 spiro atoms. The van der Waals surface area contributed by atoms with E-state index < -0.39 is 23.9 Å². The Morgan fingerprint density at radius 2 is 1.81 bits per heavy atom. The van der Waals surface area contributed by atoms with Gasteiger partial charge in [0.15, 0.2) is 5.82 Å². The molecule has 1 atom stereocenters. The number of carbonyl (C=O) groups is 1. The van der Waals surface area contributed by atoms with Crippen LogP contribution in [0.25, 0.3) is 5.69 Å². The van der Waals surface area contributed by atoms with Gasteiger partial charge in [0.05, 0.1) is 17.0 Å². The Hall–Kier alpha value is -3.17. The number of halogens is 4. The fourth-order valence-corrected chi connectivity index (χ4v) is 3.39. The number of rotatable bonds is 1. The Morgan fingerprint density at radius 3 is 2.42 bits per heavy atom. The summed E-state index contributed by atoms with van der Waals surface area (Å²) < 4.78 is 41.6. The van der Waals surface area contributed by atoms with Gasteiger partial charge in [-0.25, -0.2) is 9.98 Å². The van der Waals surface area contributed by atoms with E-state index in [-0.39, 0.29) is 17.1 Å². The summed E-state index contributed by atoms with van der Waals surface area (Å²) in [6, 6.07) is 10.1. The highest BCUT2D eigenvalue weighted by Gasteiger charge is 2.33. The van der Waals surface area contributed by atoms with Gasteiger partial charge in [0.1, 0.15) is 0 Å². The lowest BCUT2D eigenvalue weighted by Gasteiger charge is -2.16. The summed E-state index contributed by atoms with van der Waals surface area (Å²) in [6.07, 6.45) is -4.32. The number of imidazole rings is 1. The normalized spacial score (nSPS) is 15.1. The van der Waals surface area contributed by atoms with Crippen molar-refractivity contribution in [2.24, 2.45) is 4.99 Å². The van der Waals surface area contributed by atoms with Crippen LogP contribution in [0.1, 0.15) is 41.4 Å². The van der Waals surface area contributed by atoms with Crippen molar-refractivity contribution >= 4 is 23.3 Å². The van der Waals surface area contributed by atoms with Crippen LogP contribution in [0.3, 0.4) is 0 Å². The number of carboxylic acids is 1. The molecular weight excluding hydrogens is 435 g/mol. The minimum atomic E-state index is -4.52. The Labute approximate surface area is 180 Å². The monoisotopic (exact) mass is 451 g/mol.